The van der Waals surface area contributed by atoms with Crippen LogP contribution < -0.4 is 5.73 Å². The summed E-state index contributed by atoms with van der Waals surface area (Å²) < 4.78 is 0. The monoisotopic (exact) mass is 292 g/mol. The topological polar surface area (TPSA) is 49.9 Å². The molecule has 0 fully saturated rings. The molecular formula is C18H16N2S. The number of nitrogens with one attached hydrogen (secondary N) is 1. The molecule has 2 nitrogen and oxygen atoms in total. The van der Waals surface area contributed by atoms with E-state index in [9.17, 15) is 0 Å². The van der Waals surface area contributed by atoms with Gasteiger partial charge < -0.3 is 5.73 Å². The van der Waals surface area contributed by atoms with Crippen molar-refractivity contribution >= 4 is 17.2 Å². The van der Waals surface area contributed by atoms with Gasteiger partial charge in [0.25, 0.3) is 0 Å². The van der Waals surface area contributed by atoms with Crippen molar-refractivity contribution in [1.29, 1.82) is 5.41 Å². The van der Waals surface area contributed by atoms with Crippen molar-refractivity contribution in [3.63, 3.8) is 0 Å². The van der Waals surface area contributed by atoms with Crippen LogP contribution in [0.2, 0.25) is 0 Å². The van der Waals surface area contributed by atoms with E-state index in [-0.39, 0.29) is 5.84 Å². The first-order chi connectivity index (χ1) is 10.2. The van der Waals surface area contributed by atoms with E-state index in [1.807, 2.05) is 30.3 Å². The fourth-order valence-electron chi connectivity index (χ4n) is 2.51. The third-order valence-electron chi connectivity index (χ3n) is 3.53. The van der Waals surface area contributed by atoms with Gasteiger partial charge >= 0.3 is 0 Å². The third-order valence-corrected chi connectivity index (χ3v) is 4.56. The average Bonchev–Trinajstić information content (AvgIpc) is 2.93. The lowest BCUT2D eigenvalue weighted by Gasteiger charge is -2.14. The van der Waals surface area contributed by atoms with Crippen LogP contribution in [-0.2, 0) is 0 Å². The zero-order valence-corrected chi connectivity index (χ0v) is 12.6. The molecule has 0 saturated heterocycles. The van der Waals surface area contributed by atoms with Gasteiger partial charge in [-0.05, 0) is 35.1 Å². The first kappa shape index (κ1) is 13.6. The molecule has 3 N–H and O–H groups in total. The number of nitrogens with two attached hydrogens (primary N) is 1. The SMILES string of the molecule is Cc1ccsc1-c1c(C(=N)N)cccc1-c1ccccc1. The molecule has 1 aromatic heterocycles. The summed E-state index contributed by atoms with van der Waals surface area (Å²) in [6.07, 6.45) is 0. The Labute approximate surface area is 128 Å². The molecule has 2 aromatic carbocycles. The molecule has 0 amide bonds. The third kappa shape index (κ3) is 2.48. The van der Waals surface area contributed by atoms with Crippen molar-refractivity contribution < 1.29 is 0 Å². The second-order valence-corrected chi connectivity index (χ2v) is 5.86. The summed E-state index contributed by atoms with van der Waals surface area (Å²) in [6.45, 7) is 2.09. The number of nitrogen functional groups attached to an aromatic ring is 1. The quantitative estimate of drug-likeness (QED) is 0.534. The minimum Gasteiger partial charge on any atom is -0.384 e. The molecule has 0 bridgehead atoms. The Hall–Kier alpha value is -2.39. The Morgan fingerprint density at radius 3 is 2.38 bits per heavy atom. The zero-order chi connectivity index (χ0) is 14.8. The second-order valence-electron chi connectivity index (χ2n) is 4.94. The van der Waals surface area contributed by atoms with E-state index in [1.54, 1.807) is 11.3 Å². The number of rotatable bonds is 3. The molecule has 0 spiro atoms. The van der Waals surface area contributed by atoms with Gasteiger partial charge in [-0.3, -0.25) is 5.41 Å². The van der Waals surface area contributed by atoms with Crippen LogP contribution in [0.1, 0.15) is 11.1 Å². The summed E-state index contributed by atoms with van der Waals surface area (Å²) in [6, 6.07) is 18.3. The van der Waals surface area contributed by atoms with E-state index < -0.39 is 0 Å². The lowest BCUT2D eigenvalue weighted by atomic mass is 9.93. The van der Waals surface area contributed by atoms with Gasteiger partial charge in [0, 0.05) is 16.0 Å². The van der Waals surface area contributed by atoms with Crippen molar-refractivity contribution in [2.75, 3.05) is 0 Å². The van der Waals surface area contributed by atoms with Crippen LogP contribution in [0.5, 0.6) is 0 Å². The smallest absolute Gasteiger partial charge is 0.123 e. The summed E-state index contributed by atoms with van der Waals surface area (Å²) in [5.41, 5.74) is 11.1. The Morgan fingerprint density at radius 1 is 1.00 bits per heavy atom. The van der Waals surface area contributed by atoms with Crippen molar-refractivity contribution in [2.24, 2.45) is 5.73 Å². The number of aryl methyl sites for hydroxylation is 1. The standard InChI is InChI=1S/C18H16N2S/c1-12-10-11-21-17(12)16-14(13-6-3-2-4-7-13)8-5-9-15(16)18(19)20/h2-11H,1H3,(H3,19,20). The molecule has 0 unspecified atom stereocenters. The van der Waals surface area contributed by atoms with E-state index >= 15 is 0 Å². The minimum absolute atomic E-state index is 0.107. The van der Waals surface area contributed by atoms with Gasteiger partial charge in [-0.15, -0.1) is 11.3 Å². The van der Waals surface area contributed by atoms with Gasteiger partial charge in [-0.25, -0.2) is 0 Å². The first-order valence-electron chi connectivity index (χ1n) is 6.76. The number of amidine groups is 1. The van der Waals surface area contributed by atoms with E-state index in [0.717, 1.165) is 22.3 Å². The Kier molecular flexibility index (Phi) is 3.59. The molecule has 0 radical (unpaired) electrons. The number of thiophene rings is 1. The molecule has 0 aliphatic heterocycles. The van der Waals surface area contributed by atoms with Gasteiger partial charge in [0.15, 0.2) is 0 Å². The molecule has 0 aliphatic carbocycles. The van der Waals surface area contributed by atoms with Gasteiger partial charge in [-0.2, -0.15) is 0 Å². The molecule has 0 atom stereocenters. The summed E-state index contributed by atoms with van der Waals surface area (Å²) in [5, 5.41) is 9.97. The number of hydrogen-bond donors (Lipinski definition) is 2. The lowest BCUT2D eigenvalue weighted by molar-refractivity contribution is 1.42. The highest BCUT2D eigenvalue weighted by Gasteiger charge is 2.16. The predicted molar refractivity (Wildman–Crippen MR) is 90.9 cm³/mol. The van der Waals surface area contributed by atoms with Crippen molar-refractivity contribution in [2.45, 2.75) is 6.92 Å². The van der Waals surface area contributed by atoms with Crippen molar-refractivity contribution in [1.82, 2.24) is 0 Å². The highest BCUT2D eigenvalue weighted by atomic mass is 32.1. The highest BCUT2D eigenvalue weighted by molar-refractivity contribution is 7.13. The fraction of sp³-hybridized carbons (Fsp3) is 0.0556. The van der Waals surface area contributed by atoms with Crippen LogP contribution in [0.15, 0.2) is 60.0 Å². The van der Waals surface area contributed by atoms with Gasteiger partial charge in [0.1, 0.15) is 5.84 Å². The van der Waals surface area contributed by atoms with E-state index in [1.165, 1.54) is 10.4 Å². The molecule has 0 aliphatic rings. The fourth-order valence-corrected chi connectivity index (χ4v) is 3.51. The molecule has 3 aromatic rings. The van der Waals surface area contributed by atoms with Gasteiger partial charge in [-0.1, -0.05) is 48.5 Å². The minimum atomic E-state index is 0.107. The van der Waals surface area contributed by atoms with Crippen molar-refractivity contribution in [3.8, 4) is 21.6 Å². The summed E-state index contributed by atoms with van der Waals surface area (Å²) in [5.74, 6) is 0.107. The highest BCUT2D eigenvalue weighted by Crippen LogP contribution is 2.39. The van der Waals surface area contributed by atoms with E-state index in [4.69, 9.17) is 11.1 Å². The van der Waals surface area contributed by atoms with Gasteiger partial charge in [0.2, 0.25) is 0 Å². The zero-order valence-electron chi connectivity index (χ0n) is 11.8. The second kappa shape index (κ2) is 5.54. The molecule has 104 valence electrons. The first-order valence-corrected chi connectivity index (χ1v) is 7.63. The molecule has 0 saturated carbocycles. The van der Waals surface area contributed by atoms with Crippen molar-refractivity contribution in [3.05, 3.63) is 71.1 Å². The molecular weight excluding hydrogens is 276 g/mol. The molecule has 3 heteroatoms. The predicted octanol–water partition coefficient (Wildman–Crippen LogP) is 4.67. The maximum absolute atomic E-state index is 7.89. The average molecular weight is 292 g/mol. The maximum Gasteiger partial charge on any atom is 0.123 e. The summed E-state index contributed by atoms with van der Waals surface area (Å²) in [7, 11) is 0. The van der Waals surface area contributed by atoms with Gasteiger partial charge in [0.05, 0.1) is 0 Å². The lowest BCUT2D eigenvalue weighted by Crippen LogP contribution is -2.12. The van der Waals surface area contributed by atoms with E-state index in [2.05, 4.69) is 36.6 Å². The largest absolute Gasteiger partial charge is 0.384 e. The Balaban J connectivity index is 2.34. The van der Waals surface area contributed by atoms with Crippen LogP contribution in [0, 0.1) is 12.3 Å². The number of benzene rings is 2. The van der Waals surface area contributed by atoms with Crippen LogP contribution in [-0.4, -0.2) is 5.84 Å². The van der Waals surface area contributed by atoms with Crippen LogP contribution in [0.4, 0.5) is 0 Å². The Morgan fingerprint density at radius 2 is 1.76 bits per heavy atom. The van der Waals surface area contributed by atoms with Crippen LogP contribution in [0.25, 0.3) is 21.6 Å². The molecule has 21 heavy (non-hydrogen) atoms. The number of hydrogen-bond acceptors (Lipinski definition) is 2. The molecule has 1 heterocycles. The normalized spacial score (nSPS) is 10.5. The van der Waals surface area contributed by atoms with Crippen LogP contribution >= 0.6 is 11.3 Å². The van der Waals surface area contributed by atoms with E-state index in [0.29, 0.717) is 0 Å². The maximum atomic E-state index is 7.89. The Bertz CT molecular complexity index is 788. The summed E-state index contributed by atoms with van der Waals surface area (Å²) in [4.78, 5) is 1.18. The summed E-state index contributed by atoms with van der Waals surface area (Å²) >= 11 is 1.69. The van der Waals surface area contributed by atoms with Crippen LogP contribution in [0.3, 0.4) is 0 Å². The molecule has 3 rings (SSSR count).